The van der Waals surface area contributed by atoms with Crippen LogP contribution in [-0.2, 0) is 9.53 Å². The number of fused-ring (bicyclic) bond motifs is 1. The number of urea groups is 1. The molecule has 21 heavy (non-hydrogen) atoms. The molecule has 3 unspecified atom stereocenters. The molecular formula is C15H24N2O4. The van der Waals surface area contributed by atoms with Crippen LogP contribution in [0.5, 0.6) is 0 Å². The Balaban J connectivity index is 1.60. The van der Waals surface area contributed by atoms with E-state index >= 15 is 0 Å². The Bertz CT molecular complexity index is 414. The first-order valence-electron chi connectivity index (χ1n) is 8.04. The number of rotatable bonds is 2. The third-order valence-corrected chi connectivity index (χ3v) is 5.07. The van der Waals surface area contributed by atoms with E-state index in [-0.39, 0.29) is 18.6 Å². The molecule has 3 fully saturated rings. The van der Waals surface area contributed by atoms with Gasteiger partial charge in [0, 0.05) is 25.7 Å². The van der Waals surface area contributed by atoms with Crippen LogP contribution in [0.2, 0.25) is 0 Å². The van der Waals surface area contributed by atoms with Crippen LogP contribution in [0.4, 0.5) is 4.79 Å². The lowest BCUT2D eigenvalue weighted by atomic mass is 9.85. The molecule has 1 saturated carbocycles. The lowest BCUT2D eigenvalue weighted by Gasteiger charge is -2.38. The number of carbonyl (C=O) groups excluding carboxylic acids is 1. The van der Waals surface area contributed by atoms with E-state index in [2.05, 4.69) is 0 Å². The van der Waals surface area contributed by atoms with E-state index in [0.29, 0.717) is 31.7 Å². The monoisotopic (exact) mass is 296 g/mol. The molecule has 0 radical (unpaired) electrons. The van der Waals surface area contributed by atoms with Gasteiger partial charge < -0.3 is 19.6 Å². The lowest BCUT2D eigenvalue weighted by molar-refractivity contribution is -0.141. The first kappa shape index (κ1) is 14.6. The van der Waals surface area contributed by atoms with Gasteiger partial charge in [-0.3, -0.25) is 4.79 Å². The van der Waals surface area contributed by atoms with E-state index in [1.54, 1.807) is 4.90 Å². The van der Waals surface area contributed by atoms with E-state index in [9.17, 15) is 9.59 Å². The Kier molecular flexibility index (Phi) is 4.33. The third-order valence-electron chi connectivity index (χ3n) is 5.07. The smallest absolute Gasteiger partial charge is 0.320 e. The van der Waals surface area contributed by atoms with E-state index in [1.807, 2.05) is 4.90 Å². The number of morpholine rings is 1. The van der Waals surface area contributed by atoms with Crippen molar-refractivity contribution in [2.24, 2.45) is 5.92 Å². The molecule has 0 aromatic carbocycles. The van der Waals surface area contributed by atoms with Crippen LogP contribution in [0.15, 0.2) is 0 Å². The zero-order valence-corrected chi connectivity index (χ0v) is 12.4. The van der Waals surface area contributed by atoms with Gasteiger partial charge in [-0.2, -0.15) is 0 Å². The molecule has 6 heteroatoms. The molecule has 2 aliphatic heterocycles. The molecule has 3 rings (SSSR count). The standard InChI is InChI=1S/C15H24N2O4/c18-14(19)9-12-10-16(7-8-21-12)15(20)17-6-5-11-3-1-2-4-13(11)17/h11-13H,1-10H2,(H,18,19). The van der Waals surface area contributed by atoms with Crippen molar-refractivity contribution in [1.29, 1.82) is 0 Å². The fraction of sp³-hybridized carbons (Fsp3) is 0.867. The average molecular weight is 296 g/mol. The first-order valence-corrected chi connectivity index (χ1v) is 8.04. The van der Waals surface area contributed by atoms with Crippen molar-refractivity contribution in [2.75, 3.05) is 26.2 Å². The molecule has 2 heterocycles. The number of hydrogen-bond acceptors (Lipinski definition) is 3. The zero-order chi connectivity index (χ0) is 14.8. The summed E-state index contributed by atoms with van der Waals surface area (Å²) in [6.07, 6.45) is 5.61. The Hall–Kier alpha value is -1.30. The second-order valence-electron chi connectivity index (χ2n) is 6.41. The molecular weight excluding hydrogens is 272 g/mol. The SMILES string of the molecule is O=C(O)CC1CN(C(=O)N2CCC3CCCCC32)CCO1. The molecule has 6 nitrogen and oxygen atoms in total. The predicted octanol–water partition coefficient (Wildman–Crippen LogP) is 1.55. The molecule has 0 bridgehead atoms. The summed E-state index contributed by atoms with van der Waals surface area (Å²) in [6, 6.07) is 0.495. The van der Waals surface area contributed by atoms with Crippen LogP contribution in [-0.4, -0.2) is 65.3 Å². The normalized spacial score (nSPS) is 32.9. The van der Waals surface area contributed by atoms with Gasteiger partial charge in [0.2, 0.25) is 0 Å². The summed E-state index contributed by atoms with van der Waals surface area (Å²) in [5.41, 5.74) is 0. The number of carbonyl (C=O) groups is 2. The highest BCUT2D eigenvalue weighted by Gasteiger charge is 2.40. The van der Waals surface area contributed by atoms with Crippen LogP contribution in [0.1, 0.15) is 38.5 Å². The number of aliphatic carboxylic acids is 1. The van der Waals surface area contributed by atoms with E-state index in [4.69, 9.17) is 9.84 Å². The maximum Gasteiger partial charge on any atom is 0.320 e. The first-order chi connectivity index (χ1) is 10.1. The molecule has 0 aromatic rings. The number of likely N-dealkylation sites (tertiary alicyclic amines) is 1. The van der Waals surface area contributed by atoms with Gasteiger partial charge in [0.15, 0.2) is 0 Å². The second-order valence-corrected chi connectivity index (χ2v) is 6.41. The minimum atomic E-state index is -0.872. The maximum absolute atomic E-state index is 12.7. The fourth-order valence-electron chi connectivity index (χ4n) is 4.04. The van der Waals surface area contributed by atoms with Crippen molar-refractivity contribution in [2.45, 2.75) is 50.7 Å². The predicted molar refractivity (Wildman–Crippen MR) is 76.0 cm³/mol. The fourth-order valence-corrected chi connectivity index (χ4v) is 4.04. The minimum absolute atomic E-state index is 0.0319. The van der Waals surface area contributed by atoms with Crippen molar-refractivity contribution >= 4 is 12.0 Å². The third kappa shape index (κ3) is 3.15. The van der Waals surface area contributed by atoms with Crippen molar-refractivity contribution in [3.63, 3.8) is 0 Å². The number of carboxylic acids is 1. The number of ether oxygens (including phenoxy) is 1. The van der Waals surface area contributed by atoms with Crippen molar-refractivity contribution in [3.8, 4) is 0 Å². The largest absolute Gasteiger partial charge is 0.481 e. The summed E-state index contributed by atoms with van der Waals surface area (Å²) in [7, 11) is 0. The molecule has 1 N–H and O–H groups in total. The molecule has 3 atom stereocenters. The molecule has 3 aliphatic rings. The lowest BCUT2D eigenvalue weighted by Crippen LogP contribution is -2.53. The molecule has 0 spiro atoms. The summed E-state index contributed by atoms with van der Waals surface area (Å²) >= 11 is 0. The molecule has 2 saturated heterocycles. The number of hydrogen-bond donors (Lipinski definition) is 1. The highest BCUT2D eigenvalue weighted by Crippen LogP contribution is 2.36. The molecule has 118 valence electrons. The van der Waals surface area contributed by atoms with Gasteiger partial charge in [-0.15, -0.1) is 0 Å². The average Bonchev–Trinajstić information content (AvgIpc) is 2.90. The van der Waals surface area contributed by atoms with Crippen molar-refractivity contribution < 1.29 is 19.4 Å². The summed E-state index contributed by atoms with van der Waals surface area (Å²) in [6.45, 7) is 2.27. The zero-order valence-electron chi connectivity index (χ0n) is 12.4. The quantitative estimate of drug-likeness (QED) is 0.839. The maximum atomic E-state index is 12.7. The summed E-state index contributed by atoms with van der Waals surface area (Å²) in [4.78, 5) is 27.4. The van der Waals surface area contributed by atoms with Crippen molar-refractivity contribution in [1.82, 2.24) is 9.80 Å². The molecule has 0 aromatic heterocycles. The topological polar surface area (TPSA) is 70.1 Å². The summed E-state index contributed by atoms with van der Waals surface area (Å²) in [5.74, 6) is -0.193. The summed E-state index contributed by atoms with van der Waals surface area (Å²) in [5, 5.41) is 8.86. The van der Waals surface area contributed by atoms with Crippen LogP contribution in [0, 0.1) is 5.92 Å². The number of carboxylic acid groups (broad SMARTS) is 1. The van der Waals surface area contributed by atoms with Gasteiger partial charge in [-0.25, -0.2) is 4.79 Å². The van der Waals surface area contributed by atoms with Crippen LogP contribution >= 0.6 is 0 Å². The highest BCUT2D eigenvalue weighted by molar-refractivity contribution is 5.75. The Morgan fingerprint density at radius 1 is 1.14 bits per heavy atom. The van der Waals surface area contributed by atoms with Gasteiger partial charge >= 0.3 is 12.0 Å². The van der Waals surface area contributed by atoms with Gasteiger partial charge in [0.1, 0.15) is 0 Å². The Labute approximate surface area is 125 Å². The van der Waals surface area contributed by atoms with Crippen LogP contribution in [0.25, 0.3) is 0 Å². The minimum Gasteiger partial charge on any atom is -0.481 e. The van der Waals surface area contributed by atoms with E-state index in [1.165, 1.54) is 19.3 Å². The Morgan fingerprint density at radius 3 is 2.76 bits per heavy atom. The van der Waals surface area contributed by atoms with E-state index in [0.717, 1.165) is 19.4 Å². The van der Waals surface area contributed by atoms with Crippen LogP contribution < -0.4 is 0 Å². The number of amides is 2. The Morgan fingerprint density at radius 2 is 1.95 bits per heavy atom. The van der Waals surface area contributed by atoms with E-state index < -0.39 is 5.97 Å². The molecule has 1 aliphatic carbocycles. The van der Waals surface area contributed by atoms with Gasteiger partial charge in [0.25, 0.3) is 0 Å². The second kappa shape index (κ2) is 6.22. The van der Waals surface area contributed by atoms with Gasteiger partial charge in [-0.05, 0) is 25.2 Å². The summed E-state index contributed by atoms with van der Waals surface area (Å²) < 4.78 is 5.45. The van der Waals surface area contributed by atoms with Crippen molar-refractivity contribution in [3.05, 3.63) is 0 Å². The van der Waals surface area contributed by atoms with Gasteiger partial charge in [-0.1, -0.05) is 12.8 Å². The molecule has 2 amide bonds. The van der Waals surface area contributed by atoms with Gasteiger partial charge in [0.05, 0.1) is 19.1 Å². The highest BCUT2D eigenvalue weighted by atomic mass is 16.5. The van der Waals surface area contributed by atoms with Crippen LogP contribution in [0.3, 0.4) is 0 Å². The number of nitrogens with zero attached hydrogens (tertiary/aromatic N) is 2.